The second-order valence-electron chi connectivity index (χ2n) is 5.64. The number of benzene rings is 2. The summed E-state index contributed by atoms with van der Waals surface area (Å²) in [7, 11) is 1.70. The van der Waals surface area contributed by atoms with Crippen molar-refractivity contribution in [3.05, 3.63) is 65.9 Å². The molecule has 0 aliphatic carbocycles. The Morgan fingerprint density at radius 3 is 2.52 bits per heavy atom. The highest BCUT2D eigenvalue weighted by atomic mass is 16.5. The fourth-order valence-corrected chi connectivity index (χ4v) is 2.46. The van der Waals surface area contributed by atoms with Gasteiger partial charge in [-0.1, -0.05) is 30.3 Å². The molecule has 128 valence electrons. The Kier molecular flexibility index (Phi) is 4.70. The number of rotatable bonds is 6. The molecule has 6 nitrogen and oxygen atoms in total. The molecule has 0 unspecified atom stereocenters. The standard InChI is InChI=1S/C19H17NO5/c1-20(11-13-6-8-15(9-7-13)24-12-18(21)22)19(23)17-10-14-4-2-3-5-16(14)25-17/h2-10H,11-12H2,1H3,(H,21,22). The van der Waals surface area contributed by atoms with Gasteiger partial charge >= 0.3 is 5.97 Å². The molecule has 0 bridgehead atoms. The Morgan fingerprint density at radius 1 is 1.12 bits per heavy atom. The maximum Gasteiger partial charge on any atom is 0.341 e. The quantitative estimate of drug-likeness (QED) is 0.746. The Morgan fingerprint density at radius 2 is 1.84 bits per heavy atom. The molecule has 3 aromatic rings. The van der Waals surface area contributed by atoms with E-state index in [0.29, 0.717) is 23.6 Å². The molecule has 0 aliphatic heterocycles. The smallest absolute Gasteiger partial charge is 0.341 e. The summed E-state index contributed by atoms with van der Waals surface area (Å²) in [6.07, 6.45) is 0. The van der Waals surface area contributed by atoms with Crippen molar-refractivity contribution in [1.29, 1.82) is 0 Å². The average molecular weight is 339 g/mol. The largest absolute Gasteiger partial charge is 0.482 e. The molecule has 0 spiro atoms. The highest BCUT2D eigenvalue weighted by Crippen LogP contribution is 2.20. The van der Waals surface area contributed by atoms with Gasteiger partial charge < -0.3 is 19.2 Å². The highest BCUT2D eigenvalue weighted by molar-refractivity contribution is 5.95. The van der Waals surface area contributed by atoms with Crippen LogP contribution in [0.2, 0.25) is 0 Å². The summed E-state index contributed by atoms with van der Waals surface area (Å²) < 4.78 is 10.7. The van der Waals surface area contributed by atoms with Crippen molar-refractivity contribution in [2.24, 2.45) is 0 Å². The van der Waals surface area contributed by atoms with E-state index in [4.69, 9.17) is 14.3 Å². The van der Waals surface area contributed by atoms with Crippen molar-refractivity contribution < 1.29 is 23.8 Å². The number of hydrogen-bond donors (Lipinski definition) is 1. The molecule has 6 heteroatoms. The average Bonchev–Trinajstić information content (AvgIpc) is 3.04. The Hall–Kier alpha value is -3.28. The first kappa shape index (κ1) is 16.6. The molecule has 0 saturated heterocycles. The van der Waals surface area contributed by atoms with Crippen LogP contribution in [0, 0.1) is 0 Å². The van der Waals surface area contributed by atoms with Crippen molar-refractivity contribution in [2.45, 2.75) is 6.54 Å². The van der Waals surface area contributed by atoms with Crippen molar-refractivity contribution in [3.8, 4) is 5.75 Å². The van der Waals surface area contributed by atoms with Crippen LogP contribution in [0.25, 0.3) is 11.0 Å². The van der Waals surface area contributed by atoms with E-state index >= 15 is 0 Å². The Bertz CT molecular complexity index is 865. The van der Waals surface area contributed by atoms with E-state index in [0.717, 1.165) is 10.9 Å². The maximum absolute atomic E-state index is 12.5. The zero-order chi connectivity index (χ0) is 17.8. The number of ether oxygens (including phenoxy) is 1. The van der Waals surface area contributed by atoms with E-state index in [2.05, 4.69) is 0 Å². The molecular formula is C19H17NO5. The summed E-state index contributed by atoms with van der Waals surface area (Å²) in [5.74, 6) is -0.467. The second kappa shape index (κ2) is 7.09. The fraction of sp³-hybridized carbons (Fsp3) is 0.158. The van der Waals surface area contributed by atoms with Crippen molar-refractivity contribution >= 4 is 22.8 Å². The van der Waals surface area contributed by atoms with Crippen LogP contribution in [-0.2, 0) is 11.3 Å². The number of para-hydroxylation sites is 1. The van der Waals surface area contributed by atoms with E-state index in [1.807, 2.05) is 24.3 Å². The van der Waals surface area contributed by atoms with Gasteiger partial charge in [0.1, 0.15) is 11.3 Å². The number of furan rings is 1. The summed E-state index contributed by atoms with van der Waals surface area (Å²) >= 11 is 0. The number of carboxylic acids is 1. The van der Waals surface area contributed by atoms with Gasteiger partial charge in [0.05, 0.1) is 0 Å². The van der Waals surface area contributed by atoms with Gasteiger partial charge in [0.15, 0.2) is 12.4 Å². The van der Waals surface area contributed by atoms with Crippen LogP contribution in [0.5, 0.6) is 5.75 Å². The number of carboxylic acid groups (broad SMARTS) is 1. The van der Waals surface area contributed by atoms with Crippen LogP contribution in [0.4, 0.5) is 0 Å². The van der Waals surface area contributed by atoms with Crippen LogP contribution < -0.4 is 4.74 Å². The molecule has 3 rings (SSSR count). The lowest BCUT2D eigenvalue weighted by atomic mass is 10.2. The van der Waals surface area contributed by atoms with Crippen LogP contribution in [0.3, 0.4) is 0 Å². The van der Waals surface area contributed by atoms with Crippen molar-refractivity contribution in [3.63, 3.8) is 0 Å². The molecular weight excluding hydrogens is 322 g/mol. The molecule has 2 aromatic carbocycles. The van der Waals surface area contributed by atoms with E-state index < -0.39 is 5.97 Å². The number of nitrogens with zero attached hydrogens (tertiary/aromatic N) is 1. The maximum atomic E-state index is 12.5. The van der Waals surface area contributed by atoms with Crippen LogP contribution in [0.15, 0.2) is 59.0 Å². The summed E-state index contributed by atoms with van der Waals surface area (Å²) in [4.78, 5) is 24.5. The molecule has 1 amide bonds. The highest BCUT2D eigenvalue weighted by Gasteiger charge is 2.17. The van der Waals surface area contributed by atoms with Gasteiger partial charge in [-0.05, 0) is 29.8 Å². The Labute approximate surface area is 144 Å². The number of carbonyl (C=O) groups is 2. The zero-order valence-electron chi connectivity index (χ0n) is 13.6. The summed E-state index contributed by atoms with van der Waals surface area (Å²) in [5, 5.41) is 9.48. The third-order valence-electron chi connectivity index (χ3n) is 3.69. The van der Waals surface area contributed by atoms with Gasteiger partial charge in [0.25, 0.3) is 5.91 Å². The minimum Gasteiger partial charge on any atom is -0.482 e. The van der Waals surface area contributed by atoms with Crippen molar-refractivity contribution in [2.75, 3.05) is 13.7 Å². The fourth-order valence-electron chi connectivity index (χ4n) is 2.46. The van der Waals surface area contributed by atoms with E-state index in [-0.39, 0.29) is 12.5 Å². The first-order valence-electron chi connectivity index (χ1n) is 7.70. The predicted molar refractivity (Wildman–Crippen MR) is 91.6 cm³/mol. The lowest BCUT2D eigenvalue weighted by Gasteiger charge is -2.16. The normalized spacial score (nSPS) is 10.6. The molecule has 0 atom stereocenters. The lowest BCUT2D eigenvalue weighted by Crippen LogP contribution is -2.25. The molecule has 0 saturated carbocycles. The Balaban J connectivity index is 1.65. The van der Waals surface area contributed by atoms with Crippen LogP contribution in [0.1, 0.15) is 16.1 Å². The molecule has 1 aromatic heterocycles. The first-order chi connectivity index (χ1) is 12.0. The van der Waals surface area contributed by atoms with Gasteiger partial charge in [0, 0.05) is 19.0 Å². The number of aliphatic carboxylic acids is 1. The SMILES string of the molecule is CN(Cc1ccc(OCC(=O)O)cc1)C(=O)c1cc2ccccc2o1. The predicted octanol–water partition coefficient (Wildman–Crippen LogP) is 3.17. The minimum absolute atomic E-state index is 0.206. The molecule has 1 N–H and O–H groups in total. The number of amides is 1. The zero-order valence-corrected chi connectivity index (χ0v) is 13.6. The molecule has 0 aliphatic rings. The van der Waals surface area contributed by atoms with Crippen LogP contribution >= 0.6 is 0 Å². The number of hydrogen-bond acceptors (Lipinski definition) is 4. The third-order valence-corrected chi connectivity index (χ3v) is 3.69. The first-order valence-corrected chi connectivity index (χ1v) is 7.70. The van der Waals surface area contributed by atoms with E-state index in [9.17, 15) is 9.59 Å². The number of carbonyl (C=O) groups excluding carboxylic acids is 1. The molecule has 25 heavy (non-hydrogen) atoms. The van der Waals surface area contributed by atoms with Gasteiger partial charge in [0.2, 0.25) is 0 Å². The van der Waals surface area contributed by atoms with Gasteiger partial charge in [-0.25, -0.2) is 4.79 Å². The summed E-state index contributed by atoms with van der Waals surface area (Å²) in [5.41, 5.74) is 1.58. The monoisotopic (exact) mass is 339 g/mol. The van der Waals surface area contributed by atoms with Crippen molar-refractivity contribution in [1.82, 2.24) is 4.90 Å². The van der Waals surface area contributed by atoms with Gasteiger partial charge in [-0.2, -0.15) is 0 Å². The summed E-state index contributed by atoms with van der Waals surface area (Å²) in [6.45, 7) is 0.0128. The second-order valence-corrected chi connectivity index (χ2v) is 5.64. The van der Waals surface area contributed by atoms with E-state index in [1.54, 1.807) is 42.3 Å². The number of fused-ring (bicyclic) bond motifs is 1. The van der Waals surface area contributed by atoms with E-state index in [1.165, 1.54) is 0 Å². The minimum atomic E-state index is -1.03. The van der Waals surface area contributed by atoms with Crippen LogP contribution in [-0.4, -0.2) is 35.5 Å². The van der Waals surface area contributed by atoms with Gasteiger partial charge in [-0.15, -0.1) is 0 Å². The van der Waals surface area contributed by atoms with Gasteiger partial charge in [-0.3, -0.25) is 4.79 Å². The topological polar surface area (TPSA) is 80.0 Å². The summed E-state index contributed by atoms with van der Waals surface area (Å²) in [6, 6.07) is 16.1. The molecule has 0 fully saturated rings. The third kappa shape index (κ3) is 3.98. The lowest BCUT2D eigenvalue weighted by molar-refractivity contribution is -0.139. The molecule has 0 radical (unpaired) electrons. The molecule has 1 heterocycles.